The van der Waals surface area contributed by atoms with E-state index < -0.39 is 0 Å². The molecule has 1 aromatic rings. The Labute approximate surface area is 77.4 Å². The fourth-order valence-electron chi connectivity index (χ4n) is 1.50. The third-order valence-electron chi connectivity index (χ3n) is 2.29. The van der Waals surface area contributed by atoms with E-state index in [1.807, 2.05) is 37.2 Å². The molecule has 0 unspecified atom stereocenters. The molecule has 0 aromatic heterocycles. The molecule has 0 saturated carbocycles. The number of nitrogens with zero attached hydrogens (tertiary/aromatic N) is 1. The molecule has 0 aliphatic carbocycles. The molecular weight excluding hydrogens is 164 g/mol. The predicted octanol–water partition coefficient (Wildman–Crippen LogP) is 0.996. The van der Waals surface area contributed by atoms with E-state index in [-0.39, 0.29) is 5.91 Å². The highest BCUT2D eigenvalue weighted by atomic mass is 16.1. The molecule has 1 amide bonds. The molecule has 68 valence electrons. The number of nitrogens with one attached hydrogen (secondary N) is 1. The number of rotatable bonds is 1. The quantitative estimate of drug-likeness (QED) is 0.692. The fourth-order valence-corrected chi connectivity index (χ4v) is 1.50. The van der Waals surface area contributed by atoms with Crippen molar-refractivity contribution in [2.24, 2.45) is 0 Å². The molecule has 1 aliphatic rings. The van der Waals surface area contributed by atoms with Gasteiger partial charge < -0.3 is 10.2 Å². The topological polar surface area (TPSA) is 32.3 Å². The van der Waals surface area contributed by atoms with Crippen LogP contribution in [-0.4, -0.2) is 20.0 Å². The monoisotopic (exact) mass is 176 g/mol. The Balaban J connectivity index is 2.45. The summed E-state index contributed by atoms with van der Waals surface area (Å²) in [5.74, 6) is 0.0420. The number of carbonyl (C=O) groups is 1. The van der Waals surface area contributed by atoms with Crippen LogP contribution in [0, 0.1) is 0 Å². The largest absolute Gasteiger partial charge is 0.378 e. The van der Waals surface area contributed by atoms with Gasteiger partial charge in [0.25, 0.3) is 5.91 Å². The average molecular weight is 176 g/mol. The van der Waals surface area contributed by atoms with E-state index in [9.17, 15) is 4.79 Å². The van der Waals surface area contributed by atoms with Gasteiger partial charge in [-0.1, -0.05) is 0 Å². The van der Waals surface area contributed by atoms with Crippen molar-refractivity contribution in [2.75, 3.05) is 19.0 Å². The van der Waals surface area contributed by atoms with Crippen molar-refractivity contribution in [1.82, 2.24) is 5.32 Å². The molecule has 0 fully saturated rings. The van der Waals surface area contributed by atoms with Crippen molar-refractivity contribution in [1.29, 1.82) is 0 Å². The molecule has 1 N–H and O–H groups in total. The van der Waals surface area contributed by atoms with Crippen LogP contribution in [0.4, 0.5) is 5.69 Å². The molecule has 0 saturated heterocycles. The van der Waals surface area contributed by atoms with Crippen LogP contribution in [0.2, 0.25) is 0 Å². The van der Waals surface area contributed by atoms with Crippen LogP contribution in [0.15, 0.2) is 18.2 Å². The van der Waals surface area contributed by atoms with Crippen LogP contribution in [-0.2, 0) is 6.54 Å². The highest BCUT2D eigenvalue weighted by Crippen LogP contribution is 2.21. The average Bonchev–Trinajstić information content (AvgIpc) is 2.47. The first-order chi connectivity index (χ1) is 6.18. The van der Waals surface area contributed by atoms with Crippen molar-refractivity contribution >= 4 is 11.6 Å². The van der Waals surface area contributed by atoms with Gasteiger partial charge in [-0.3, -0.25) is 4.79 Å². The molecule has 3 heteroatoms. The smallest absolute Gasteiger partial charge is 0.251 e. The van der Waals surface area contributed by atoms with Crippen molar-refractivity contribution < 1.29 is 4.79 Å². The molecule has 2 rings (SSSR count). The first-order valence-electron chi connectivity index (χ1n) is 4.27. The van der Waals surface area contributed by atoms with Gasteiger partial charge in [0, 0.05) is 31.9 Å². The maximum absolute atomic E-state index is 11.2. The number of fused-ring (bicyclic) bond motifs is 1. The predicted molar refractivity (Wildman–Crippen MR) is 51.9 cm³/mol. The molecule has 0 spiro atoms. The second-order valence-corrected chi connectivity index (χ2v) is 3.42. The van der Waals surface area contributed by atoms with Gasteiger partial charge in [0.15, 0.2) is 0 Å². The minimum absolute atomic E-state index is 0.0420. The van der Waals surface area contributed by atoms with Crippen LogP contribution in [0.5, 0.6) is 0 Å². The van der Waals surface area contributed by atoms with Crippen LogP contribution in [0.1, 0.15) is 15.9 Å². The van der Waals surface area contributed by atoms with E-state index in [1.165, 1.54) is 0 Å². The van der Waals surface area contributed by atoms with Gasteiger partial charge in [0.2, 0.25) is 0 Å². The zero-order valence-corrected chi connectivity index (χ0v) is 7.79. The number of hydrogen-bond donors (Lipinski definition) is 1. The third kappa shape index (κ3) is 1.26. The maximum Gasteiger partial charge on any atom is 0.251 e. The Hall–Kier alpha value is -1.51. The highest BCUT2D eigenvalue weighted by molar-refractivity contribution is 5.98. The van der Waals surface area contributed by atoms with Crippen molar-refractivity contribution in [3.63, 3.8) is 0 Å². The highest BCUT2D eigenvalue weighted by Gasteiger charge is 2.18. The number of carbonyl (C=O) groups excluding carboxylic acids is 1. The SMILES string of the molecule is CN(C)c1ccc2c(c1)CNC2=O. The molecule has 13 heavy (non-hydrogen) atoms. The molecule has 0 radical (unpaired) electrons. The van der Waals surface area contributed by atoms with Gasteiger partial charge in [-0.15, -0.1) is 0 Å². The Morgan fingerprint density at radius 2 is 2.15 bits per heavy atom. The fraction of sp³-hybridized carbons (Fsp3) is 0.300. The summed E-state index contributed by atoms with van der Waals surface area (Å²) in [5.41, 5.74) is 3.04. The minimum Gasteiger partial charge on any atom is -0.378 e. The molecule has 1 heterocycles. The second-order valence-electron chi connectivity index (χ2n) is 3.42. The van der Waals surface area contributed by atoms with E-state index >= 15 is 0 Å². The summed E-state index contributed by atoms with van der Waals surface area (Å²) in [7, 11) is 3.98. The first kappa shape index (κ1) is 8.10. The van der Waals surface area contributed by atoms with E-state index in [0.717, 1.165) is 16.8 Å². The van der Waals surface area contributed by atoms with E-state index in [1.54, 1.807) is 0 Å². The van der Waals surface area contributed by atoms with Crippen molar-refractivity contribution in [3.05, 3.63) is 29.3 Å². The zero-order chi connectivity index (χ0) is 9.42. The van der Waals surface area contributed by atoms with Crippen LogP contribution in [0.3, 0.4) is 0 Å². The van der Waals surface area contributed by atoms with Crippen molar-refractivity contribution in [2.45, 2.75) is 6.54 Å². The van der Waals surface area contributed by atoms with Gasteiger partial charge in [-0.05, 0) is 23.8 Å². The van der Waals surface area contributed by atoms with Crippen LogP contribution < -0.4 is 10.2 Å². The number of benzene rings is 1. The molecule has 1 aromatic carbocycles. The standard InChI is InChI=1S/C10H12N2O/c1-12(2)8-3-4-9-7(5-8)6-11-10(9)13/h3-5H,6H2,1-2H3,(H,11,13). The van der Waals surface area contributed by atoms with E-state index in [2.05, 4.69) is 5.32 Å². The summed E-state index contributed by atoms with van der Waals surface area (Å²) >= 11 is 0. The first-order valence-corrected chi connectivity index (χ1v) is 4.27. The summed E-state index contributed by atoms with van der Waals surface area (Å²) in [6.07, 6.45) is 0. The normalized spacial score (nSPS) is 13.8. The van der Waals surface area contributed by atoms with Crippen molar-refractivity contribution in [3.8, 4) is 0 Å². The molecular formula is C10H12N2O. The second kappa shape index (κ2) is 2.76. The van der Waals surface area contributed by atoms with Gasteiger partial charge in [0.05, 0.1) is 0 Å². The van der Waals surface area contributed by atoms with Gasteiger partial charge in [-0.2, -0.15) is 0 Å². The van der Waals surface area contributed by atoms with Gasteiger partial charge in [0.1, 0.15) is 0 Å². The number of anilines is 1. The lowest BCUT2D eigenvalue weighted by atomic mass is 10.1. The summed E-state index contributed by atoms with van der Waals surface area (Å²) in [6, 6.07) is 5.89. The molecule has 1 aliphatic heterocycles. The van der Waals surface area contributed by atoms with Crippen LogP contribution >= 0.6 is 0 Å². The molecule has 0 bridgehead atoms. The van der Waals surface area contributed by atoms with E-state index in [4.69, 9.17) is 0 Å². The van der Waals surface area contributed by atoms with Gasteiger partial charge in [-0.25, -0.2) is 0 Å². The number of hydrogen-bond acceptors (Lipinski definition) is 2. The molecule has 3 nitrogen and oxygen atoms in total. The minimum atomic E-state index is 0.0420. The Morgan fingerprint density at radius 1 is 1.38 bits per heavy atom. The number of amides is 1. The Kier molecular flexibility index (Phi) is 1.72. The summed E-state index contributed by atoms with van der Waals surface area (Å²) in [6.45, 7) is 0.663. The summed E-state index contributed by atoms with van der Waals surface area (Å²) in [5, 5.41) is 2.79. The van der Waals surface area contributed by atoms with Gasteiger partial charge >= 0.3 is 0 Å². The summed E-state index contributed by atoms with van der Waals surface area (Å²) < 4.78 is 0. The lowest BCUT2D eigenvalue weighted by Crippen LogP contribution is -2.12. The van der Waals surface area contributed by atoms with E-state index in [0.29, 0.717) is 6.54 Å². The molecule has 0 atom stereocenters. The maximum atomic E-state index is 11.2. The lowest BCUT2D eigenvalue weighted by Gasteiger charge is -2.12. The zero-order valence-electron chi connectivity index (χ0n) is 7.79. The van der Waals surface area contributed by atoms with Crippen LogP contribution in [0.25, 0.3) is 0 Å². The summed E-state index contributed by atoms with van der Waals surface area (Å²) in [4.78, 5) is 13.3. The third-order valence-corrected chi connectivity index (χ3v) is 2.29. The lowest BCUT2D eigenvalue weighted by molar-refractivity contribution is 0.0966. The Bertz CT molecular complexity index is 358. The Morgan fingerprint density at radius 3 is 2.85 bits per heavy atom.